The highest BCUT2D eigenvalue weighted by Crippen LogP contribution is 2.21. The van der Waals surface area contributed by atoms with E-state index in [4.69, 9.17) is 0 Å². The van der Waals surface area contributed by atoms with E-state index in [1.165, 1.54) is 16.4 Å². The van der Waals surface area contributed by atoms with Gasteiger partial charge in [0.15, 0.2) is 9.84 Å². The molecule has 2 heterocycles. The molecule has 3 rings (SSSR count). The number of benzene rings is 1. The second-order valence-electron chi connectivity index (χ2n) is 6.92. The summed E-state index contributed by atoms with van der Waals surface area (Å²) >= 11 is 0. The van der Waals surface area contributed by atoms with Crippen LogP contribution in [0.3, 0.4) is 0 Å². The van der Waals surface area contributed by atoms with Gasteiger partial charge in [-0.3, -0.25) is 4.79 Å². The standard InChI is InChI=1S/C17H24N2O5S2/c20-17(18-15-8-11-25(21,22)13-15)14-6-5-7-16(12-14)26(23,24)19-9-3-1-2-4-10-19/h5-7,12,15H,1-4,8-11,13H2,(H,18,20)/t15-/m1/s1. The third kappa shape index (κ3) is 4.44. The van der Waals surface area contributed by atoms with Gasteiger partial charge in [-0.15, -0.1) is 0 Å². The predicted octanol–water partition coefficient (Wildman–Crippen LogP) is 1.17. The first-order chi connectivity index (χ1) is 12.3. The van der Waals surface area contributed by atoms with E-state index in [0.29, 0.717) is 19.5 Å². The Bertz CT molecular complexity index is 872. The van der Waals surface area contributed by atoms with E-state index in [9.17, 15) is 21.6 Å². The Labute approximate surface area is 154 Å². The van der Waals surface area contributed by atoms with Gasteiger partial charge >= 0.3 is 0 Å². The van der Waals surface area contributed by atoms with Crippen LogP contribution in [-0.4, -0.2) is 57.7 Å². The maximum atomic E-state index is 12.9. The van der Waals surface area contributed by atoms with Crippen molar-refractivity contribution < 1.29 is 21.6 Å². The van der Waals surface area contributed by atoms with Gasteiger partial charge in [0, 0.05) is 24.7 Å². The number of hydrogen-bond donors (Lipinski definition) is 1. The predicted molar refractivity (Wildman–Crippen MR) is 98.2 cm³/mol. The maximum absolute atomic E-state index is 12.9. The number of carbonyl (C=O) groups is 1. The molecule has 1 N–H and O–H groups in total. The van der Waals surface area contributed by atoms with Crippen LogP contribution in [0.4, 0.5) is 0 Å². The molecular formula is C17H24N2O5S2. The van der Waals surface area contributed by atoms with Crippen molar-refractivity contribution in [1.29, 1.82) is 0 Å². The molecule has 0 aromatic heterocycles. The lowest BCUT2D eigenvalue weighted by Crippen LogP contribution is -2.36. The van der Waals surface area contributed by atoms with Gasteiger partial charge in [0.1, 0.15) is 0 Å². The summed E-state index contributed by atoms with van der Waals surface area (Å²) in [6, 6.07) is 5.54. The van der Waals surface area contributed by atoms with Crippen molar-refractivity contribution >= 4 is 25.8 Å². The lowest BCUT2D eigenvalue weighted by molar-refractivity contribution is 0.0941. The van der Waals surface area contributed by atoms with Crippen LogP contribution >= 0.6 is 0 Å². The molecule has 7 nitrogen and oxygen atoms in total. The molecule has 1 aromatic rings. The van der Waals surface area contributed by atoms with E-state index < -0.39 is 31.8 Å². The normalized spacial score (nSPS) is 24.1. The third-order valence-corrected chi connectivity index (χ3v) is 8.53. The molecule has 144 valence electrons. The summed E-state index contributed by atoms with van der Waals surface area (Å²) < 4.78 is 50.2. The molecule has 2 fully saturated rings. The third-order valence-electron chi connectivity index (χ3n) is 4.87. The van der Waals surface area contributed by atoms with Gasteiger partial charge < -0.3 is 5.32 Å². The van der Waals surface area contributed by atoms with Crippen molar-refractivity contribution in [1.82, 2.24) is 9.62 Å². The van der Waals surface area contributed by atoms with Crippen molar-refractivity contribution in [2.45, 2.75) is 43.0 Å². The van der Waals surface area contributed by atoms with E-state index in [0.717, 1.165) is 25.7 Å². The average molecular weight is 401 g/mol. The van der Waals surface area contributed by atoms with Crippen LogP contribution in [0.2, 0.25) is 0 Å². The fourth-order valence-electron chi connectivity index (χ4n) is 3.41. The second kappa shape index (κ2) is 7.66. The molecule has 0 aliphatic carbocycles. The molecule has 0 saturated carbocycles. The van der Waals surface area contributed by atoms with E-state index >= 15 is 0 Å². The molecule has 9 heteroatoms. The minimum absolute atomic E-state index is 0.0650. The van der Waals surface area contributed by atoms with Gasteiger partial charge in [0.05, 0.1) is 16.4 Å². The number of sulfone groups is 1. The number of rotatable bonds is 4. The quantitative estimate of drug-likeness (QED) is 0.818. The number of nitrogens with zero attached hydrogens (tertiary/aromatic N) is 1. The van der Waals surface area contributed by atoms with Crippen molar-refractivity contribution in [3.8, 4) is 0 Å². The molecule has 0 unspecified atom stereocenters. The van der Waals surface area contributed by atoms with Crippen molar-refractivity contribution in [3.05, 3.63) is 29.8 Å². The fraction of sp³-hybridized carbons (Fsp3) is 0.588. The topological polar surface area (TPSA) is 101 Å². The van der Waals surface area contributed by atoms with Crippen molar-refractivity contribution in [2.24, 2.45) is 0 Å². The highest BCUT2D eigenvalue weighted by Gasteiger charge is 2.30. The molecule has 1 atom stereocenters. The van der Waals surface area contributed by atoms with Crippen molar-refractivity contribution in [3.63, 3.8) is 0 Å². The molecule has 26 heavy (non-hydrogen) atoms. The minimum Gasteiger partial charge on any atom is -0.348 e. The van der Waals surface area contributed by atoms with E-state index in [1.807, 2.05) is 0 Å². The highest BCUT2D eigenvalue weighted by molar-refractivity contribution is 7.91. The Morgan fingerprint density at radius 1 is 1.12 bits per heavy atom. The number of hydrogen-bond acceptors (Lipinski definition) is 5. The Hall–Kier alpha value is -1.45. The van der Waals surface area contributed by atoms with Crippen LogP contribution in [0.25, 0.3) is 0 Å². The first-order valence-corrected chi connectivity index (χ1v) is 12.2. The van der Waals surface area contributed by atoms with E-state index in [2.05, 4.69) is 5.32 Å². The molecule has 2 saturated heterocycles. The zero-order valence-electron chi connectivity index (χ0n) is 14.6. The van der Waals surface area contributed by atoms with Gasteiger partial charge in [-0.05, 0) is 37.5 Å². The van der Waals surface area contributed by atoms with Gasteiger partial charge in [0.25, 0.3) is 5.91 Å². The van der Waals surface area contributed by atoms with Gasteiger partial charge in [-0.2, -0.15) is 4.31 Å². The summed E-state index contributed by atoms with van der Waals surface area (Å²) in [4.78, 5) is 12.5. The Balaban J connectivity index is 1.76. The molecule has 1 aromatic carbocycles. The first-order valence-electron chi connectivity index (χ1n) is 8.89. The summed E-state index contributed by atoms with van der Waals surface area (Å²) in [5.74, 6) is -0.439. The van der Waals surface area contributed by atoms with Crippen LogP contribution in [0.5, 0.6) is 0 Å². The number of nitrogens with one attached hydrogen (secondary N) is 1. The Morgan fingerprint density at radius 2 is 1.81 bits per heavy atom. The van der Waals surface area contributed by atoms with Crippen LogP contribution in [0, 0.1) is 0 Å². The lowest BCUT2D eigenvalue weighted by Gasteiger charge is -2.20. The zero-order valence-corrected chi connectivity index (χ0v) is 16.2. The molecule has 2 aliphatic rings. The van der Waals surface area contributed by atoms with Crippen LogP contribution in [-0.2, 0) is 19.9 Å². The largest absolute Gasteiger partial charge is 0.348 e. The van der Waals surface area contributed by atoms with Crippen LogP contribution < -0.4 is 5.32 Å². The van der Waals surface area contributed by atoms with Crippen molar-refractivity contribution in [2.75, 3.05) is 24.6 Å². The summed E-state index contributed by atoms with van der Waals surface area (Å²) in [7, 11) is -6.72. The highest BCUT2D eigenvalue weighted by atomic mass is 32.2. The molecule has 0 bridgehead atoms. The number of amides is 1. The smallest absolute Gasteiger partial charge is 0.251 e. The Kier molecular flexibility index (Phi) is 5.69. The summed E-state index contributed by atoms with van der Waals surface area (Å²) in [5.41, 5.74) is 0.227. The number of carbonyl (C=O) groups excluding carboxylic acids is 1. The summed E-state index contributed by atoms with van der Waals surface area (Å²) in [6.45, 7) is 0.997. The monoisotopic (exact) mass is 400 g/mol. The average Bonchev–Trinajstić information content (AvgIpc) is 2.81. The van der Waals surface area contributed by atoms with E-state index in [-0.39, 0.29) is 22.0 Å². The Morgan fingerprint density at radius 3 is 2.42 bits per heavy atom. The maximum Gasteiger partial charge on any atom is 0.251 e. The summed E-state index contributed by atoms with van der Waals surface area (Å²) in [6.07, 6.45) is 4.13. The van der Waals surface area contributed by atoms with Gasteiger partial charge in [0.2, 0.25) is 10.0 Å². The SMILES string of the molecule is O=C(N[C@@H]1CCS(=O)(=O)C1)c1cccc(S(=O)(=O)N2CCCCCC2)c1. The van der Waals surface area contributed by atoms with E-state index in [1.54, 1.807) is 12.1 Å². The van der Waals surface area contributed by atoms with Crippen LogP contribution in [0.1, 0.15) is 42.5 Å². The lowest BCUT2D eigenvalue weighted by atomic mass is 10.2. The van der Waals surface area contributed by atoms with Gasteiger partial charge in [-0.25, -0.2) is 16.8 Å². The summed E-state index contributed by atoms with van der Waals surface area (Å²) in [5, 5.41) is 2.69. The fourth-order valence-corrected chi connectivity index (χ4v) is 6.64. The minimum atomic E-state index is -3.63. The van der Waals surface area contributed by atoms with Gasteiger partial charge in [-0.1, -0.05) is 18.9 Å². The first kappa shape index (κ1) is 19.3. The zero-order chi connectivity index (χ0) is 18.8. The molecular weight excluding hydrogens is 376 g/mol. The molecule has 0 spiro atoms. The second-order valence-corrected chi connectivity index (χ2v) is 11.1. The number of sulfonamides is 1. The molecule has 2 aliphatic heterocycles. The van der Waals surface area contributed by atoms with Crippen LogP contribution in [0.15, 0.2) is 29.2 Å². The molecule has 1 amide bonds. The molecule has 0 radical (unpaired) electrons.